The number of hydrogen-bond donors (Lipinski definition) is 1. The number of nitrogens with one attached hydrogen (secondary N) is 1. The number of carbonyl (C=O) groups is 1. The molecule has 0 saturated heterocycles. The van der Waals surface area contributed by atoms with E-state index in [1.165, 1.54) is 0 Å². The molecular weight excluding hydrogens is 306 g/mol. The Morgan fingerprint density at radius 2 is 1.67 bits per heavy atom. The van der Waals surface area contributed by atoms with Crippen molar-refractivity contribution >= 4 is 11.6 Å². The molecule has 0 atom stereocenters. The van der Waals surface area contributed by atoms with Gasteiger partial charge >= 0.3 is 0 Å². The molecule has 0 unspecified atom stereocenters. The molecule has 0 fully saturated rings. The Bertz CT molecular complexity index is 692. The SMILES string of the molecule is COc1ccc(OC)c(NC(=O)CCOc2cc(C)cc(C)c2)c1. The minimum absolute atomic E-state index is 0.147. The third-order valence-corrected chi connectivity index (χ3v) is 3.47. The van der Waals surface area contributed by atoms with E-state index in [1.54, 1.807) is 32.4 Å². The van der Waals surface area contributed by atoms with E-state index in [2.05, 4.69) is 11.4 Å². The van der Waals surface area contributed by atoms with Crippen molar-refractivity contribution in [3.05, 3.63) is 47.5 Å². The first-order valence-corrected chi connectivity index (χ1v) is 7.75. The molecule has 5 heteroatoms. The highest BCUT2D eigenvalue weighted by molar-refractivity contribution is 5.92. The molecule has 0 bridgehead atoms. The van der Waals surface area contributed by atoms with Crippen LogP contribution in [0.25, 0.3) is 0 Å². The summed E-state index contributed by atoms with van der Waals surface area (Å²) in [6.45, 7) is 4.34. The molecule has 1 N–H and O–H groups in total. The van der Waals surface area contributed by atoms with E-state index >= 15 is 0 Å². The summed E-state index contributed by atoms with van der Waals surface area (Å²) in [6, 6.07) is 11.2. The summed E-state index contributed by atoms with van der Waals surface area (Å²) in [4.78, 5) is 12.1. The Morgan fingerprint density at radius 1 is 0.958 bits per heavy atom. The molecule has 0 radical (unpaired) electrons. The molecule has 128 valence electrons. The molecule has 24 heavy (non-hydrogen) atoms. The van der Waals surface area contributed by atoms with Crippen molar-refractivity contribution in [3.8, 4) is 17.2 Å². The first-order chi connectivity index (χ1) is 11.5. The average Bonchev–Trinajstić information content (AvgIpc) is 2.53. The van der Waals surface area contributed by atoms with Crippen LogP contribution >= 0.6 is 0 Å². The lowest BCUT2D eigenvalue weighted by Gasteiger charge is -2.12. The first-order valence-electron chi connectivity index (χ1n) is 7.75. The van der Waals surface area contributed by atoms with Crippen LogP contribution in [-0.4, -0.2) is 26.7 Å². The highest BCUT2D eigenvalue weighted by Crippen LogP contribution is 2.29. The van der Waals surface area contributed by atoms with Crippen molar-refractivity contribution in [1.29, 1.82) is 0 Å². The van der Waals surface area contributed by atoms with Crippen LogP contribution in [0.1, 0.15) is 17.5 Å². The van der Waals surface area contributed by atoms with Gasteiger partial charge < -0.3 is 19.5 Å². The fraction of sp³-hybridized carbons (Fsp3) is 0.316. The second-order valence-corrected chi connectivity index (χ2v) is 5.54. The van der Waals surface area contributed by atoms with Gasteiger partial charge in [-0.3, -0.25) is 4.79 Å². The van der Waals surface area contributed by atoms with Crippen molar-refractivity contribution in [2.45, 2.75) is 20.3 Å². The number of benzene rings is 2. The molecule has 1 amide bonds. The number of methoxy groups -OCH3 is 2. The largest absolute Gasteiger partial charge is 0.497 e. The minimum atomic E-state index is -0.147. The van der Waals surface area contributed by atoms with Gasteiger partial charge in [0.05, 0.1) is 32.9 Å². The Hall–Kier alpha value is -2.69. The molecule has 0 aliphatic carbocycles. The van der Waals surface area contributed by atoms with Gasteiger partial charge in [0.15, 0.2) is 0 Å². The van der Waals surface area contributed by atoms with E-state index in [1.807, 2.05) is 26.0 Å². The quantitative estimate of drug-likeness (QED) is 0.841. The van der Waals surface area contributed by atoms with Crippen LogP contribution in [0.5, 0.6) is 17.2 Å². The van der Waals surface area contributed by atoms with Gasteiger partial charge in [0.2, 0.25) is 5.91 Å². The summed E-state index contributed by atoms with van der Waals surface area (Å²) < 4.78 is 16.1. The number of rotatable bonds is 7. The summed E-state index contributed by atoms with van der Waals surface area (Å²) in [6.07, 6.45) is 0.243. The minimum Gasteiger partial charge on any atom is -0.497 e. The number of anilines is 1. The van der Waals surface area contributed by atoms with Gasteiger partial charge in [0.25, 0.3) is 0 Å². The van der Waals surface area contributed by atoms with Gasteiger partial charge in [-0.15, -0.1) is 0 Å². The third kappa shape index (κ3) is 4.91. The van der Waals surface area contributed by atoms with Crippen LogP contribution in [0.4, 0.5) is 5.69 Å². The van der Waals surface area contributed by atoms with Crippen molar-refractivity contribution in [2.75, 3.05) is 26.1 Å². The molecule has 2 rings (SSSR count). The van der Waals surface area contributed by atoms with Gasteiger partial charge in [0, 0.05) is 6.07 Å². The predicted octanol–water partition coefficient (Wildman–Crippen LogP) is 3.73. The standard InChI is InChI=1S/C19H23NO4/c1-13-9-14(2)11-16(10-13)24-8-7-19(21)20-17-12-15(22-3)5-6-18(17)23-4/h5-6,9-12H,7-8H2,1-4H3,(H,20,21). The second-order valence-electron chi connectivity index (χ2n) is 5.54. The van der Waals surface area contributed by atoms with Crippen molar-refractivity contribution in [2.24, 2.45) is 0 Å². The topological polar surface area (TPSA) is 56.8 Å². The zero-order valence-electron chi connectivity index (χ0n) is 14.5. The Morgan fingerprint density at radius 3 is 2.29 bits per heavy atom. The van der Waals surface area contributed by atoms with Crippen molar-refractivity contribution < 1.29 is 19.0 Å². The smallest absolute Gasteiger partial charge is 0.227 e. The molecule has 0 saturated carbocycles. The van der Waals surface area contributed by atoms with E-state index in [0.717, 1.165) is 16.9 Å². The fourth-order valence-electron chi connectivity index (χ4n) is 2.40. The molecular formula is C19H23NO4. The first kappa shape index (κ1) is 17.7. The summed E-state index contributed by atoms with van der Waals surface area (Å²) in [7, 11) is 3.13. The zero-order chi connectivity index (χ0) is 17.5. The number of carbonyl (C=O) groups excluding carboxylic acids is 1. The third-order valence-electron chi connectivity index (χ3n) is 3.47. The van der Waals surface area contributed by atoms with Crippen LogP contribution in [0.2, 0.25) is 0 Å². The molecule has 0 spiro atoms. The molecule has 0 aliphatic heterocycles. The maximum absolute atomic E-state index is 12.1. The van der Waals surface area contributed by atoms with Crippen molar-refractivity contribution in [3.63, 3.8) is 0 Å². The average molecular weight is 329 g/mol. The fourth-order valence-corrected chi connectivity index (χ4v) is 2.40. The van der Waals surface area contributed by atoms with E-state index in [-0.39, 0.29) is 12.3 Å². The van der Waals surface area contributed by atoms with Gasteiger partial charge in [0.1, 0.15) is 17.2 Å². The Balaban J connectivity index is 1.91. The van der Waals surface area contributed by atoms with Crippen LogP contribution in [0, 0.1) is 13.8 Å². The van der Waals surface area contributed by atoms with Crippen LogP contribution in [0.15, 0.2) is 36.4 Å². The predicted molar refractivity (Wildman–Crippen MR) is 94.2 cm³/mol. The maximum atomic E-state index is 12.1. The van der Waals surface area contributed by atoms with E-state index < -0.39 is 0 Å². The lowest BCUT2D eigenvalue weighted by molar-refractivity contribution is -0.116. The van der Waals surface area contributed by atoms with Crippen molar-refractivity contribution in [1.82, 2.24) is 0 Å². The lowest BCUT2D eigenvalue weighted by atomic mass is 10.1. The highest BCUT2D eigenvalue weighted by atomic mass is 16.5. The molecule has 5 nitrogen and oxygen atoms in total. The monoisotopic (exact) mass is 329 g/mol. The molecule has 0 aliphatic rings. The summed E-state index contributed by atoms with van der Waals surface area (Å²) in [5, 5.41) is 2.82. The van der Waals surface area contributed by atoms with Crippen LogP contribution in [0.3, 0.4) is 0 Å². The lowest BCUT2D eigenvalue weighted by Crippen LogP contribution is -2.15. The number of ether oxygens (including phenoxy) is 3. The van der Waals surface area contributed by atoms with Crippen LogP contribution < -0.4 is 19.5 Å². The molecule has 0 aromatic heterocycles. The van der Waals surface area contributed by atoms with E-state index in [9.17, 15) is 4.79 Å². The van der Waals surface area contributed by atoms with Gasteiger partial charge in [-0.05, 0) is 49.2 Å². The Labute approximate surface area is 142 Å². The molecule has 2 aromatic rings. The van der Waals surface area contributed by atoms with E-state index in [0.29, 0.717) is 23.8 Å². The Kier molecular flexibility index (Phi) is 6.07. The normalized spacial score (nSPS) is 10.2. The molecule has 0 heterocycles. The maximum Gasteiger partial charge on any atom is 0.227 e. The van der Waals surface area contributed by atoms with Gasteiger partial charge in [-0.1, -0.05) is 6.07 Å². The highest BCUT2D eigenvalue weighted by Gasteiger charge is 2.09. The van der Waals surface area contributed by atoms with Gasteiger partial charge in [-0.25, -0.2) is 0 Å². The summed E-state index contributed by atoms with van der Waals surface area (Å²) in [5.74, 6) is 1.86. The number of aryl methyl sites for hydroxylation is 2. The number of amides is 1. The zero-order valence-corrected chi connectivity index (χ0v) is 14.5. The number of hydrogen-bond acceptors (Lipinski definition) is 4. The summed E-state index contributed by atoms with van der Waals surface area (Å²) >= 11 is 0. The summed E-state index contributed by atoms with van der Waals surface area (Å²) in [5.41, 5.74) is 2.85. The van der Waals surface area contributed by atoms with Gasteiger partial charge in [-0.2, -0.15) is 0 Å². The second kappa shape index (κ2) is 8.24. The van der Waals surface area contributed by atoms with E-state index in [4.69, 9.17) is 14.2 Å². The van der Waals surface area contributed by atoms with Crippen LogP contribution in [-0.2, 0) is 4.79 Å². The molecule has 2 aromatic carbocycles.